The average Bonchev–Trinajstić information content (AvgIpc) is 1.62. The molecule has 0 saturated heterocycles. The van der Waals surface area contributed by atoms with E-state index in [0.717, 1.165) is 0 Å². The predicted octanol–water partition coefficient (Wildman–Crippen LogP) is -2.46. The molecule has 0 amide bonds. The number of aliphatic hydroxyl groups excluding tert-OH is 2. The quantitative estimate of drug-likeness (QED) is 0.325. The van der Waals surface area contributed by atoms with Gasteiger partial charge < -0.3 is 10.2 Å². The van der Waals surface area contributed by atoms with E-state index >= 15 is 0 Å². The molecule has 5 nitrogen and oxygen atoms in total. The van der Waals surface area contributed by atoms with Crippen LogP contribution in [0.25, 0.3) is 0 Å². The molecule has 0 aliphatic heterocycles. The van der Waals surface area contributed by atoms with Crippen LogP contribution >= 0.6 is 0 Å². The van der Waals surface area contributed by atoms with Gasteiger partial charge in [-0.25, -0.2) is 0 Å². The van der Waals surface area contributed by atoms with E-state index in [0.29, 0.717) is 0 Å². The van der Waals surface area contributed by atoms with Crippen molar-refractivity contribution in [3.05, 3.63) is 0 Å². The van der Waals surface area contributed by atoms with Crippen LogP contribution in [-0.4, -0.2) is 86.6 Å². The SMILES string of the molecule is O=S(=O)(O)C(O)CO.[KH]. The van der Waals surface area contributed by atoms with Gasteiger partial charge in [0, 0.05) is 0 Å². The van der Waals surface area contributed by atoms with E-state index in [1.165, 1.54) is 0 Å². The fourth-order valence-corrected chi connectivity index (χ4v) is 0.283. The molecule has 0 rings (SSSR count). The van der Waals surface area contributed by atoms with Crippen LogP contribution in [0.3, 0.4) is 0 Å². The molecule has 7 heteroatoms. The zero-order valence-corrected chi connectivity index (χ0v) is 4.67. The molecular formula is C2H7KO5S. The van der Waals surface area contributed by atoms with Crippen molar-refractivity contribution < 1.29 is 23.2 Å². The Balaban J connectivity index is 0. The van der Waals surface area contributed by atoms with Crippen LogP contribution in [0.5, 0.6) is 0 Å². The second kappa shape index (κ2) is 5.16. The van der Waals surface area contributed by atoms with E-state index < -0.39 is 22.2 Å². The molecule has 0 radical (unpaired) electrons. The second-order valence-electron chi connectivity index (χ2n) is 1.15. The number of rotatable bonds is 2. The van der Waals surface area contributed by atoms with Gasteiger partial charge >= 0.3 is 51.4 Å². The van der Waals surface area contributed by atoms with Crippen LogP contribution in [0.2, 0.25) is 0 Å². The van der Waals surface area contributed by atoms with Crippen LogP contribution in [0.15, 0.2) is 0 Å². The summed E-state index contributed by atoms with van der Waals surface area (Å²) in [6.07, 6.45) is 0. The maximum atomic E-state index is 9.71. The fourth-order valence-electron chi connectivity index (χ4n) is 0.0942. The van der Waals surface area contributed by atoms with E-state index in [1.807, 2.05) is 0 Å². The Morgan fingerprint density at radius 2 is 1.78 bits per heavy atom. The van der Waals surface area contributed by atoms with Crippen molar-refractivity contribution in [1.29, 1.82) is 0 Å². The summed E-state index contributed by atoms with van der Waals surface area (Å²) in [5, 5.41) is 16.0. The first kappa shape index (κ1) is 13.1. The van der Waals surface area contributed by atoms with Gasteiger partial charge in [0.1, 0.15) is 0 Å². The molecule has 52 valence electrons. The molecule has 1 unspecified atom stereocenters. The predicted molar refractivity (Wildman–Crippen MR) is 31.8 cm³/mol. The van der Waals surface area contributed by atoms with Gasteiger partial charge in [-0.2, -0.15) is 8.42 Å². The summed E-state index contributed by atoms with van der Waals surface area (Å²) in [6, 6.07) is 0. The van der Waals surface area contributed by atoms with E-state index in [9.17, 15) is 8.42 Å². The molecule has 0 aromatic carbocycles. The van der Waals surface area contributed by atoms with Gasteiger partial charge in [-0.15, -0.1) is 0 Å². The van der Waals surface area contributed by atoms with Crippen molar-refractivity contribution in [2.24, 2.45) is 0 Å². The van der Waals surface area contributed by atoms with Crippen LogP contribution in [0.4, 0.5) is 0 Å². The molecule has 0 aliphatic carbocycles. The van der Waals surface area contributed by atoms with E-state index in [-0.39, 0.29) is 51.4 Å². The van der Waals surface area contributed by atoms with Crippen molar-refractivity contribution in [2.45, 2.75) is 5.44 Å². The molecule has 0 aromatic rings. The van der Waals surface area contributed by atoms with Crippen LogP contribution < -0.4 is 0 Å². The normalized spacial score (nSPS) is 14.1. The summed E-state index contributed by atoms with van der Waals surface area (Å²) in [6.45, 7) is -0.987. The first-order valence-corrected chi connectivity index (χ1v) is 3.24. The van der Waals surface area contributed by atoms with Crippen molar-refractivity contribution in [2.75, 3.05) is 6.61 Å². The summed E-state index contributed by atoms with van der Waals surface area (Å²) >= 11 is 0. The van der Waals surface area contributed by atoms with Gasteiger partial charge in [-0.05, 0) is 0 Å². The number of aliphatic hydroxyl groups is 2. The van der Waals surface area contributed by atoms with E-state index in [4.69, 9.17) is 14.8 Å². The van der Waals surface area contributed by atoms with Gasteiger partial charge in [-0.1, -0.05) is 0 Å². The van der Waals surface area contributed by atoms with Crippen molar-refractivity contribution in [3.63, 3.8) is 0 Å². The molecule has 1 atom stereocenters. The third-order valence-electron chi connectivity index (χ3n) is 0.500. The molecule has 0 heterocycles. The zero-order chi connectivity index (χ0) is 6.78. The fraction of sp³-hybridized carbons (Fsp3) is 1.00. The Labute approximate surface area is 95.2 Å². The maximum absolute atomic E-state index is 9.71. The standard InChI is InChI=1S/C2H6O5S.K.H/c3-1-2(4)8(5,6)7;;/h2-4H,1H2,(H,5,6,7);;. The van der Waals surface area contributed by atoms with Crippen LogP contribution in [0, 0.1) is 0 Å². The van der Waals surface area contributed by atoms with Gasteiger partial charge in [0.15, 0.2) is 0 Å². The zero-order valence-electron chi connectivity index (χ0n) is 3.85. The van der Waals surface area contributed by atoms with Gasteiger partial charge in [-0.3, -0.25) is 4.55 Å². The van der Waals surface area contributed by atoms with E-state index in [2.05, 4.69) is 0 Å². The Morgan fingerprint density at radius 1 is 1.44 bits per heavy atom. The molecule has 0 aromatic heterocycles. The molecule has 3 N–H and O–H groups in total. The summed E-state index contributed by atoms with van der Waals surface area (Å²) in [5.74, 6) is 0. The van der Waals surface area contributed by atoms with Gasteiger partial charge in [0.25, 0.3) is 10.1 Å². The molecule has 0 fully saturated rings. The summed E-state index contributed by atoms with van der Waals surface area (Å²) in [7, 11) is -4.45. The van der Waals surface area contributed by atoms with E-state index in [1.54, 1.807) is 0 Å². The summed E-state index contributed by atoms with van der Waals surface area (Å²) in [4.78, 5) is 0. The monoisotopic (exact) mass is 182 g/mol. The first-order valence-electron chi connectivity index (χ1n) is 1.73. The number of hydrogen-bond acceptors (Lipinski definition) is 4. The van der Waals surface area contributed by atoms with Gasteiger partial charge in [0.2, 0.25) is 5.44 Å². The van der Waals surface area contributed by atoms with Crippen LogP contribution in [0.1, 0.15) is 0 Å². The molecule has 0 aliphatic rings. The molecular weight excluding hydrogens is 175 g/mol. The number of hydrogen-bond donors (Lipinski definition) is 3. The Morgan fingerprint density at radius 3 is 1.78 bits per heavy atom. The molecule has 0 spiro atoms. The minimum atomic E-state index is -4.45. The van der Waals surface area contributed by atoms with Crippen molar-refractivity contribution in [3.8, 4) is 0 Å². The van der Waals surface area contributed by atoms with Gasteiger partial charge in [0.05, 0.1) is 6.61 Å². The Kier molecular flexibility index (Phi) is 7.50. The average molecular weight is 182 g/mol. The topological polar surface area (TPSA) is 94.8 Å². The Hall–Kier alpha value is 1.47. The van der Waals surface area contributed by atoms with Crippen molar-refractivity contribution >= 4 is 61.5 Å². The first-order chi connectivity index (χ1) is 3.48. The molecule has 0 saturated carbocycles. The molecule has 0 bridgehead atoms. The third kappa shape index (κ3) is 5.89. The summed E-state index contributed by atoms with van der Waals surface area (Å²) < 4.78 is 27.3. The molecule has 9 heavy (non-hydrogen) atoms. The Bertz CT molecular complexity index is 150. The second-order valence-corrected chi connectivity index (χ2v) is 2.73. The third-order valence-corrected chi connectivity index (χ3v) is 1.34. The minimum absolute atomic E-state index is 0. The van der Waals surface area contributed by atoms with Crippen LogP contribution in [-0.2, 0) is 10.1 Å². The van der Waals surface area contributed by atoms with Crippen molar-refractivity contribution in [1.82, 2.24) is 0 Å². The summed E-state index contributed by atoms with van der Waals surface area (Å²) in [5.41, 5.74) is -2.07.